The maximum atomic E-state index is 4.12. The number of halogens is 1. The van der Waals surface area contributed by atoms with E-state index in [1.807, 2.05) is 6.20 Å². The summed E-state index contributed by atoms with van der Waals surface area (Å²) in [4.78, 5) is 6.52. The lowest BCUT2D eigenvalue weighted by Gasteiger charge is -2.43. The topological polar surface area (TPSA) is 16.1 Å². The molecule has 1 aliphatic rings. The average molecular weight is 255 g/mol. The van der Waals surface area contributed by atoms with Gasteiger partial charge >= 0.3 is 0 Å². The molecule has 0 saturated carbocycles. The van der Waals surface area contributed by atoms with Crippen LogP contribution in [0.5, 0.6) is 0 Å². The molecule has 14 heavy (non-hydrogen) atoms. The second kappa shape index (κ2) is 3.89. The van der Waals surface area contributed by atoms with Gasteiger partial charge in [-0.3, -0.25) is 0 Å². The monoisotopic (exact) mass is 254 g/mol. The van der Waals surface area contributed by atoms with Crippen molar-refractivity contribution in [2.45, 2.75) is 13.8 Å². The molecule has 1 aromatic rings. The number of anilines is 1. The van der Waals surface area contributed by atoms with Crippen LogP contribution in [0.25, 0.3) is 0 Å². The largest absolute Gasteiger partial charge is 0.371 e. The van der Waals surface area contributed by atoms with Gasteiger partial charge in [0.2, 0.25) is 0 Å². The first-order valence-electron chi connectivity index (χ1n) is 5.03. The molecular formula is C11H15BrN2. The zero-order valence-electron chi connectivity index (χ0n) is 8.57. The molecule has 76 valence electrons. The standard InChI is InChI=1S/C11H15BrN2/c1-8(2)9-6-14(7-9)10-3-4-13-11(12)5-10/h3-5,8-9H,6-7H2,1-2H3. The summed E-state index contributed by atoms with van der Waals surface area (Å²) in [6.07, 6.45) is 1.85. The van der Waals surface area contributed by atoms with Crippen molar-refractivity contribution in [3.05, 3.63) is 22.9 Å². The van der Waals surface area contributed by atoms with E-state index < -0.39 is 0 Å². The van der Waals surface area contributed by atoms with E-state index in [1.54, 1.807) is 0 Å². The third kappa shape index (κ3) is 1.92. The molecule has 1 aromatic heterocycles. The molecule has 0 atom stereocenters. The van der Waals surface area contributed by atoms with Crippen molar-refractivity contribution in [1.82, 2.24) is 4.98 Å². The molecule has 1 saturated heterocycles. The quantitative estimate of drug-likeness (QED) is 0.755. The van der Waals surface area contributed by atoms with Crippen LogP contribution in [0.4, 0.5) is 5.69 Å². The number of rotatable bonds is 2. The lowest BCUT2D eigenvalue weighted by molar-refractivity contribution is 0.310. The van der Waals surface area contributed by atoms with Crippen LogP contribution in [0, 0.1) is 11.8 Å². The number of aromatic nitrogens is 1. The van der Waals surface area contributed by atoms with Crippen molar-refractivity contribution in [1.29, 1.82) is 0 Å². The van der Waals surface area contributed by atoms with Crippen LogP contribution in [-0.2, 0) is 0 Å². The second-order valence-corrected chi connectivity index (χ2v) is 5.06. The lowest BCUT2D eigenvalue weighted by atomic mass is 9.88. The van der Waals surface area contributed by atoms with E-state index in [0.29, 0.717) is 0 Å². The number of hydrogen-bond acceptors (Lipinski definition) is 2. The van der Waals surface area contributed by atoms with Crippen LogP contribution in [0.1, 0.15) is 13.8 Å². The van der Waals surface area contributed by atoms with Crippen LogP contribution < -0.4 is 4.90 Å². The van der Waals surface area contributed by atoms with Gasteiger partial charge in [-0.15, -0.1) is 0 Å². The van der Waals surface area contributed by atoms with Crippen molar-refractivity contribution in [3.63, 3.8) is 0 Å². The summed E-state index contributed by atoms with van der Waals surface area (Å²) >= 11 is 3.39. The Hall–Kier alpha value is -0.570. The van der Waals surface area contributed by atoms with E-state index in [9.17, 15) is 0 Å². The summed E-state index contributed by atoms with van der Waals surface area (Å²) in [7, 11) is 0. The summed E-state index contributed by atoms with van der Waals surface area (Å²) < 4.78 is 0.919. The fraction of sp³-hybridized carbons (Fsp3) is 0.545. The van der Waals surface area contributed by atoms with Crippen LogP contribution >= 0.6 is 15.9 Å². The zero-order chi connectivity index (χ0) is 10.1. The maximum absolute atomic E-state index is 4.12. The average Bonchev–Trinajstić information content (AvgIpc) is 2.00. The molecule has 2 heterocycles. The van der Waals surface area contributed by atoms with Gasteiger partial charge < -0.3 is 4.90 Å². The highest BCUT2D eigenvalue weighted by Crippen LogP contribution is 2.29. The maximum Gasteiger partial charge on any atom is 0.108 e. The Morgan fingerprint density at radius 3 is 2.79 bits per heavy atom. The van der Waals surface area contributed by atoms with Crippen LogP contribution in [0.2, 0.25) is 0 Å². The van der Waals surface area contributed by atoms with Crippen molar-refractivity contribution >= 4 is 21.6 Å². The fourth-order valence-electron chi connectivity index (χ4n) is 1.73. The lowest BCUT2D eigenvalue weighted by Crippen LogP contribution is -2.49. The van der Waals surface area contributed by atoms with Gasteiger partial charge in [0.25, 0.3) is 0 Å². The summed E-state index contributed by atoms with van der Waals surface area (Å²) in [5, 5.41) is 0. The summed E-state index contributed by atoms with van der Waals surface area (Å²) in [6, 6.07) is 4.15. The van der Waals surface area contributed by atoms with E-state index in [2.05, 4.69) is 51.8 Å². The van der Waals surface area contributed by atoms with Crippen molar-refractivity contribution < 1.29 is 0 Å². The van der Waals surface area contributed by atoms with Gasteiger partial charge in [0.1, 0.15) is 4.60 Å². The minimum atomic E-state index is 0.802. The van der Waals surface area contributed by atoms with Gasteiger partial charge in [-0.2, -0.15) is 0 Å². The first-order chi connectivity index (χ1) is 6.66. The molecule has 0 radical (unpaired) electrons. The Bertz CT molecular complexity index is 319. The van der Waals surface area contributed by atoms with Crippen LogP contribution in [0.15, 0.2) is 22.9 Å². The molecule has 2 nitrogen and oxygen atoms in total. The van der Waals surface area contributed by atoms with Crippen molar-refractivity contribution in [2.24, 2.45) is 11.8 Å². The van der Waals surface area contributed by atoms with Gasteiger partial charge in [0, 0.05) is 25.0 Å². The second-order valence-electron chi connectivity index (χ2n) is 4.25. The third-order valence-electron chi connectivity index (χ3n) is 2.93. The van der Waals surface area contributed by atoms with E-state index in [-0.39, 0.29) is 0 Å². The summed E-state index contributed by atoms with van der Waals surface area (Å²) in [6.45, 7) is 6.97. The Kier molecular flexibility index (Phi) is 2.77. The Morgan fingerprint density at radius 2 is 2.21 bits per heavy atom. The molecule has 0 unspecified atom stereocenters. The molecule has 0 aliphatic carbocycles. The van der Waals surface area contributed by atoms with Gasteiger partial charge in [-0.05, 0) is 39.9 Å². The molecule has 1 aliphatic heterocycles. The molecule has 0 spiro atoms. The normalized spacial score (nSPS) is 17.3. The van der Waals surface area contributed by atoms with E-state index in [1.165, 1.54) is 18.8 Å². The first kappa shape index (κ1) is 9.97. The molecule has 3 heteroatoms. The minimum Gasteiger partial charge on any atom is -0.371 e. The van der Waals surface area contributed by atoms with Gasteiger partial charge in [0.05, 0.1) is 0 Å². The Morgan fingerprint density at radius 1 is 1.50 bits per heavy atom. The third-order valence-corrected chi connectivity index (χ3v) is 3.36. The fourth-order valence-corrected chi connectivity index (χ4v) is 2.09. The molecule has 2 rings (SSSR count). The highest BCUT2D eigenvalue weighted by Gasteiger charge is 2.29. The SMILES string of the molecule is CC(C)C1CN(c2ccnc(Br)c2)C1. The predicted molar refractivity (Wildman–Crippen MR) is 62.5 cm³/mol. The molecular weight excluding hydrogens is 240 g/mol. The van der Waals surface area contributed by atoms with Crippen molar-refractivity contribution in [2.75, 3.05) is 18.0 Å². The number of hydrogen-bond donors (Lipinski definition) is 0. The van der Waals surface area contributed by atoms with E-state index in [0.717, 1.165) is 16.4 Å². The first-order valence-corrected chi connectivity index (χ1v) is 5.82. The van der Waals surface area contributed by atoms with Gasteiger partial charge in [-0.25, -0.2) is 4.98 Å². The smallest absolute Gasteiger partial charge is 0.108 e. The molecule has 1 fully saturated rings. The highest BCUT2D eigenvalue weighted by atomic mass is 79.9. The number of pyridine rings is 1. The van der Waals surface area contributed by atoms with Crippen LogP contribution in [0.3, 0.4) is 0 Å². The molecule has 0 amide bonds. The number of nitrogens with zero attached hydrogens (tertiary/aromatic N) is 2. The van der Waals surface area contributed by atoms with Gasteiger partial charge in [-0.1, -0.05) is 13.8 Å². The van der Waals surface area contributed by atoms with Crippen LogP contribution in [-0.4, -0.2) is 18.1 Å². The predicted octanol–water partition coefficient (Wildman–Crippen LogP) is 2.94. The molecule has 0 bridgehead atoms. The van der Waals surface area contributed by atoms with Gasteiger partial charge in [0.15, 0.2) is 0 Å². The van der Waals surface area contributed by atoms with E-state index in [4.69, 9.17) is 0 Å². The Balaban J connectivity index is 2.00. The van der Waals surface area contributed by atoms with Crippen molar-refractivity contribution in [3.8, 4) is 0 Å². The molecule has 0 aromatic carbocycles. The van der Waals surface area contributed by atoms with E-state index >= 15 is 0 Å². The zero-order valence-corrected chi connectivity index (χ0v) is 10.2. The Labute approximate surface area is 93.5 Å². The minimum absolute atomic E-state index is 0.802. The molecule has 0 N–H and O–H groups in total. The summed E-state index contributed by atoms with van der Waals surface area (Å²) in [5.41, 5.74) is 1.28. The highest BCUT2D eigenvalue weighted by molar-refractivity contribution is 9.10. The summed E-state index contributed by atoms with van der Waals surface area (Å²) in [5.74, 6) is 1.67.